The number of aromatic hydroxyl groups is 2. The van der Waals surface area contributed by atoms with E-state index in [0.29, 0.717) is 41.1 Å². The molecule has 0 unspecified atom stereocenters. The molecule has 0 spiro atoms. The summed E-state index contributed by atoms with van der Waals surface area (Å²) in [5.41, 5.74) is 3.97. The molecular weight excluding hydrogens is 418 g/mol. The zero-order valence-electron chi connectivity index (χ0n) is 17.8. The number of carbonyl (C=O) groups excluding carboxylic acids is 1. The van der Waals surface area contributed by atoms with Gasteiger partial charge in [-0.3, -0.25) is 9.89 Å². The second kappa shape index (κ2) is 8.76. The van der Waals surface area contributed by atoms with E-state index in [1.807, 2.05) is 17.1 Å². The number of amides is 1. The van der Waals surface area contributed by atoms with Crippen LogP contribution in [0.4, 0.5) is 0 Å². The Morgan fingerprint density at radius 1 is 0.939 bits per heavy atom. The van der Waals surface area contributed by atoms with Gasteiger partial charge in [-0.2, -0.15) is 5.10 Å². The zero-order chi connectivity index (χ0) is 22.8. The summed E-state index contributed by atoms with van der Waals surface area (Å²) in [6.45, 7) is 2.77. The molecule has 5 rings (SSSR count). The summed E-state index contributed by atoms with van der Waals surface area (Å²) in [4.78, 5) is 20.1. The van der Waals surface area contributed by atoms with Crippen LogP contribution in [0.2, 0.25) is 0 Å². The van der Waals surface area contributed by atoms with Crippen LogP contribution in [0.3, 0.4) is 0 Å². The van der Waals surface area contributed by atoms with Crippen LogP contribution in [-0.4, -0.2) is 62.4 Å². The lowest BCUT2D eigenvalue weighted by molar-refractivity contribution is 0.0737. The van der Waals surface area contributed by atoms with Crippen LogP contribution in [0.1, 0.15) is 21.6 Å². The number of nitrogens with zero attached hydrogens (tertiary/aromatic N) is 3. The molecule has 0 atom stereocenters. The molecule has 0 saturated carbocycles. The number of phenols is 2. The van der Waals surface area contributed by atoms with Crippen molar-refractivity contribution < 1.29 is 15.0 Å². The number of H-pyrrole nitrogens is 1. The highest BCUT2D eigenvalue weighted by molar-refractivity contribution is 6.09. The lowest BCUT2D eigenvalue weighted by Gasteiger charge is -2.27. The van der Waals surface area contributed by atoms with E-state index in [-0.39, 0.29) is 17.4 Å². The number of hydrogen-bond donors (Lipinski definition) is 4. The van der Waals surface area contributed by atoms with Crippen molar-refractivity contribution in [1.29, 1.82) is 0 Å². The van der Waals surface area contributed by atoms with Crippen LogP contribution in [0, 0.1) is 0 Å². The summed E-state index contributed by atoms with van der Waals surface area (Å²) in [7, 11) is 0. The van der Waals surface area contributed by atoms with Crippen LogP contribution in [-0.2, 0) is 0 Å². The molecule has 1 saturated heterocycles. The molecule has 1 amide bonds. The number of benzene rings is 2. The second-order valence-corrected chi connectivity index (χ2v) is 7.90. The zero-order valence-corrected chi connectivity index (χ0v) is 17.8. The molecule has 2 aromatic heterocycles. The molecule has 166 valence electrons. The van der Waals surface area contributed by atoms with Gasteiger partial charge in [0.25, 0.3) is 5.91 Å². The molecule has 0 aliphatic carbocycles. The minimum atomic E-state index is -0.0652. The Hall–Kier alpha value is -4.17. The van der Waals surface area contributed by atoms with Crippen LogP contribution >= 0.6 is 0 Å². The van der Waals surface area contributed by atoms with Gasteiger partial charge in [0.2, 0.25) is 0 Å². The quantitative estimate of drug-likeness (QED) is 0.387. The number of rotatable bonds is 4. The fourth-order valence-corrected chi connectivity index (χ4v) is 3.92. The van der Waals surface area contributed by atoms with E-state index in [0.717, 1.165) is 24.2 Å². The van der Waals surface area contributed by atoms with E-state index >= 15 is 0 Å². The van der Waals surface area contributed by atoms with E-state index in [1.165, 1.54) is 0 Å². The van der Waals surface area contributed by atoms with E-state index < -0.39 is 0 Å². The molecule has 8 nitrogen and oxygen atoms in total. The van der Waals surface area contributed by atoms with Crippen LogP contribution in [0.5, 0.6) is 11.5 Å². The number of carbonyl (C=O) groups is 1. The summed E-state index contributed by atoms with van der Waals surface area (Å²) in [6, 6.07) is 15.4. The standard InChI is InChI=1S/C25H23N5O3/c31-18-6-1-16(2-7-18)3-10-21-23-20(25(33)30-13-11-26-12-14-30)15-22(27-24(23)29-28-21)17-4-8-19(32)9-5-17/h1-10,15,26,31-32H,11-14H2,(H,27,28,29)/b10-3+. The minimum Gasteiger partial charge on any atom is -0.508 e. The first-order chi connectivity index (χ1) is 16.1. The highest BCUT2D eigenvalue weighted by Crippen LogP contribution is 2.29. The molecule has 1 aliphatic rings. The molecule has 3 heterocycles. The molecule has 1 aliphatic heterocycles. The normalized spacial score (nSPS) is 14.2. The number of phenolic OH excluding ortho intramolecular Hbond substituents is 2. The number of hydrogen-bond acceptors (Lipinski definition) is 6. The molecule has 0 radical (unpaired) electrons. The molecular formula is C25H23N5O3. The van der Waals surface area contributed by atoms with Crippen molar-refractivity contribution in [2.24, 2.45) is 0 Å². The van der Waals surface area contributed by atoms with E-state index in [9.17, 15) is 15.0 Å². The summed E-state index contributed by atoms with van der Waals surface area (Å²) in [6.07, 6.45) is 3.71. The summed E-state index contributed by atoms with van der Waals surface area (Å²) < 4.78 is 0. The van der Waals surface area contributed by atoms with Gasteiger partial charge in [-0.05, 0) is 54.1 Å². The van der Waals surface area contributed by atoms with Crippen molar-refractivity contribution in [2.45, 2.75) is 0 Å². The molecule has 4 aromatic rings. The van der Waals surface area contributed by atoms with Gasteiger partial charge in [0, 0.05) is 31.7 Å². The summed E-state index contributed by atoms with van der Waals surface area (Å²) in [5.74, 6) is 0.303. The van der Waals surface area contributed by atoms with Gasteiger partial charge in [0.05, 0.1) is 22.3 Å². The monoisotopic (exact) mass is 441 g/mol. The van der Waals surface area contributed by atoms with Gasteiger partial charge in [-0.25, -0.2) is 4.98 Å². The number of fused-ring (bicyclic) bond motifs is 1. The Bertz CT molecular complexity index is 1320. The molecule has 0 bridgehead atoms. The topological polar surface area (TPSA) is 114 Å². The predicted octanol–water partition coefficient (Wildman–Crippen LogP) is 3.25. The molecule has 2 aromatic carbocycles. The predicted molar refractivity (Wildman–Crippen MR) is 127 cm³/mol. The van der Waals surface area contributed by atoms with Crippen molar-refractivity contribution in [2.75, 3.05) is 26.2 Å². The Morgan fingerprint density at radius 3 is 2.30 bits per heavy atom. The number of aromatic nitrogens is 3. The maximum absolute atomic E-state index is 13.6. The lowest BCUT2D eigenvalue weighted by Crippen LogP contribution is -2.46. The van der Waals surface area contributed by atoms with Gasteiger partial charge in [0.15, 0.2) is 5.65 Å². The smallest absolute Gasteiger partial charge is 0.254 e. The van der Waals surface area contributed by atoms with Crippen LogP contribution in [0.25, 0.3) is 34.4 Å². The maximum Gasteiger partial charge on any atom is 0.254 e. The third kappa shape index (κ3) is 4.28. The second-order valence-electron chi connectivity index (χ2n) is 7.90. The van der Waals surface area contributed by atoms with Crippen molar-refractivity contribution in [3.05, 3.63) is 71.4 Å². The summed E-state index contributed by atoms with van der Waals surface area (Å²) >= 11 is 0. The lowest BCUT2D eigenvalue weighted by atomic mass is 10.0. The summed E-state index contributed by atoms with van der Waals surface area (Å²) in [5, 5.41) is 30.5. The van der Waals surface area contributed by atoms with Gasteiger partial charge in [-0.15, -0.1) is 0 Å². The largest absolute Gasteiger partial charge is 0.508 e. The van der Waals surface area contributed by atoms with Gasteiger partial charge >= 0.3 is 0 Å². The highest BCUT2D eigenvalue weighted by atomic mass is 16.3. The Morgan fingerprint density at radius 2 is 1.61 bits per heavy atom. The van der Waals surface area contributed by atoms with E-state index in [4.69, 9.17) is 4.98 Å². The van der Waals surface area contributed by atoms with Crippen molar-refractivity contribution >= 4 is 29.1 Å². The minimum absolute atomic E-state index is 0.0652. The first-order valence-electron chi connectivity index (χ1n) is 10.7. The van der Waals surface area contributed by atoms with Gasteiger partial charge in [-0.1, -0.05) is 18.2 Å². The average molecular weight is 441 g/mol. The highest BCUT2D eigenvalue weighted by Gasteiger charge is 2.24. The number of nitrogens with one attached hydrogen (secondary N) is 2. The average Bonchev–Trinajstić information content (AvgIpc) is 3.27. The molecule has 1 fully saturated rings. The first kappa shape index (κ1) is 20.7. The van der Waals surface area contributed by atoms with Crippen LogP contribution < -0.4 is 5.32 Å². The SMILES string of the molecule is O=C(c1cc(-c2ccc(O)cc2)nc2[nH]nc(/C=C/c3ccc(O)cc3)c12)N1CCNCC1. The van der Waals surface area contributed by atoms with Crippen molar-refractivity contribution in [3.63, 3.8) is 0 Å². The Kier molecular flexibility index (Phi) is 5.50. The van der Waals surface area contributed by atoms with Crippen molar-refractivity contribution in [3.8, 4) is 22.8 Å². The number of pyridine rings is 1. The third-order valence-electron chi connectivity index (χ3n) is 5.68. The van der Waals surface area contributed by atoms with E-state index in [2.05, 4.69) is 15.5 Å². The van der Waals surface area contributed by atoms with Gasteiger partial charge in [0.1, 0.15) is 11.5 Å². The van der Waals surface area contributed by atoms with Gasteiger partial charge < -0.3 is 20.4 Å². The number of piperazine rings is 1. The fourth-order valence-electron chi connectivity index (χ4n) is 3.92. The Balaban J connectivity index is 1.61. The molecule has 4 N–H and O–H groups in total. The van der Waals surface area contributed by atoms with Crippen LogP contribution in [0.15, 0.2) is 54.6 Å². The molecule has 33 heavy (non-hydrogen) atoms. The van der Waals surface area contributed by atoms with E-state index in [1.54, 1.807) is 54.6 Å². The third-order valence-corrected chi connectivity index (χ3v) is 5.68. The van der Waals surface area contributed by atoms with Crippen molar-refractivity contribution in [1.82, 2.24) is 25.4 Å². The first-order valence-corrected chi connectivity index (χ1v) is 10.7. The Labute approximate surface area is 190 Å². The maximum atomic E-state index is 13.6. The molecule has 8 heteroatoms. The fraction of sp³-hybridized carbons (Fsp3) is 0.160. The number of aromatic amines is 1.